The summed E-state index contributed by atoms with van der Waals surface area (Å²) in [4.78, 5) is 18.5. The molecular weight excluding hydrogens is 180 g/mol. The molecule has 4 N–H and O–H groups in total. The molecule has 6 nitrogen and oxygen atoms in total. The molecule has 7 heteroatoms. The number of anilines is 1. The maximum atomic E-state index is 10.1. The van der Waals surface area contributed by atoms with Crippen LogP contribution in [0.25, 0.3) is 0 Å². The first-order valence-electron chi connectivity index (χ1n) is 2.89. The summed E-state index contributed by atoms with van der Waals surface area (Å²) in [5.41, 5.74) is 10.0. The molecule has 1 heterocycles. The van der Waals surface area contributed by atoms with Crippen molar-refractivity contribution in [2.75, 3.05) is 5.73 Å². The maximum Gasteiger partial charge on any atom is 0.263 e. The minimum atomic E-state index is -0.682. The largest absolute Gasteiger partial charge is 0.375 e. The van der Waals surface area contributed by atoms with Crippen LogP contribution >= 0.6 is 11.3 Å². The third-order valence-electron chi connectivity index (χ3n) is 0.827. The van der Waals surface area contributed by atoms with Crippen molar-refractivity contribution in [2.45, 2.75) is 0 Å². The van der Waals surface area contributed by atoms with Crippen LogP contribution in [0.1, 0.15) is 0 Å². The Kier molecular flexibility index (Phi) is 2.59. The Morgan fingerprint density at radius 2 is 2.58 bits per heavy atom. The van der Waals surface area contributed by atoms with Gasteiger partial charge in [-0.1, -0.05) is 5.16 Å². The first-order chi connectivity index (χ1) is 5.68. The summed E-state index contributed by atoms with van der Waals surface area (Å²) in [5.74, 6) is -0.437. The van der Waals surface area contributed by atoms with Crippen LogP contribution in [0, 0.1) is 0 Å². The molecule has 0 spiro atoms. The number of hydrogen-bond donors (Lipinski definition) is 2. The van der Waals surface area contributed by atoms with E-state index in [0.29, 0.717) is 5.13 Å². The number of carbonyl (C=O) groups excluding carboxylic acids is 1. The predicted molar refractivity (Wildman–Crippen MR) is 44.8 cm³/mol. The first-order valence-corrected chi connectivity index (χ1v) is 3.77. The molecule has 0 saturated heterocycles. The van der Waals surface area contributed by atoms with E-state index < -0.39 is 5.91 Å². The Morgan fingerprint density at radius 1 is 1.83 bits per heavy atom. The van der Waals surface area contributed by atoms with Crippen LogP contribution in [0.4, 0.5) is 5.13 Å². The summed E-state index contributed by atoms with van der Waals surface area (Å²) in [7, 11) is 0. The zero-order valence-electron chi connectivity index (χ0n) is 5.93. The van der Waals surface area contributed by atoms with Gasteiger partial charge < -0.3 is 16.3 Å². The standard InChI is InChI=1S/C5H6N4O2S/c6-3(10)1-8-11-4-2-12-5(7)9-4/h1-2H,(H2,6,10)(H2,7,9). The van der Waals surface area contributed by atoms with Gasteiger partial charge in [0.2, 0.25) is 0 Å². The van der Waals surface area contributed by atoms with Gasteiger partial charge in [-0.15, -0.1) is 11.3 Å². The van der Waals surface area contributed by atoms with Gasteiger partial charge in [-0.25, -0.2) is 0 Å². The van der Waals surface area contributed by atoms with E-state index in [9.17, 15) is 4.79 Å². The van der Waals surface area contributed by atoms with Gasteiger partial charge in [-0.05, 0) is 0 Å². The van der Waals surface area contributed by atoms with Gasteiger partial charge >= 0.3 is 0 Å². The van der Waals surface area contributed by atoms with Crippen LogP contribution in [0.2, 0.25) is 0 Å². The van der Waals surface area contributed by atoms with Gasteiger partial charge in [0.1, 0.15) is 6.21 Å². The molecule has 0 atom stereocenters. The second-order valence-electron chi connectivity index (χ2n) is 1.75. The van der Waals surface area contributed by atoms with E-state index >= 15 is 0 Å². The number of rotatable bonds is 3. The molecule has 0 fully saturated rings. The maximum absolute atomic E-state index is 10.1. The highest BCUT2D eigenvalue weighted by Gasteiger charge is 1.97. The van der Waals surface area contributed by atoms with Gasteiger partial charge in [0, 0.05) is 0 Å². The Hall–Kier alpha value is -1.63. The average molecular weight is 186 g/mol. The number of hydrogen-bond acceptors (Lipinski definition) is 6. The number of aromatic nitrogens is 1. The predicted octanol–water partition coefficient (Wildman–Crippen LogP) is -0.425. The van der Waals surface area contributed by atoms with E-state index in [2.05, 4.69) is 15.0 Å². The molecule has 1 rings (SSSR count). The van der Waals surface area contributed by atoms with Crippen LogP contribution in [-0.2, 0) is 4.79 Å². The minimum absolute atomic E-state index is 0.245. The summed E-state index contributed by atoms with van der Waals surface area (Å²) >= 11 is 1.21. The molecule has 0 radical (unpaired) electrons. The third kappa shape index (κ3) is 2.54. The molecular formula is C5H6N4O2S. The smallest absolute Gasteiger partial charge is 0.263 e. The molecule has 0 aliphatic heterocycles. The quantitative estimate of drug-likeness (QED) is 0.494. The second-order valence-corrected chi connectivity index (χ2v) is 2.64. The molecule has 1 aromatic rings. The average Bonchev–Trinajstić information content (AvgIpc) is 2.35. The van der Waals surface area contributed by atoms with Crippen molar-refractivity contribution < 1.29 is 9.63 Å². The fourth-order valence-corrected chi connectivity index (χ4v) is 0.906. The van der Waals surface area contributed by atoms with Crippen molar-refractivity contribution in [3.63, 3.8) is 0 Å². The number of oxime groups is 1. The fraction of sp³-hybridized carbons (Fsp3) is 0. The Labute approximate surface area is 71.8 Å². The van der Waals surface area contributed by atoms with E-state index in [1.807, 2.05) is 0 Å². The number of amides is 1. The SMILES string of the molecule is NC(=O)C=NOc1csc(N)n1. The van der Waals surface area contributed by atoms with Gasteiger partial charge in [0.05, 0.1) is 5.38 Å². The van der Waals surface area contributed by atoms with Crippen LogP contribution in [0.15, 0.2) is 10.5 Å². The van der Waals surface area contributed by atoms with Crippen molar-refractivity contribution in [3.8, 4) is 5.88 Å². The van der Waals surface area contributed by atoms with E-state index in [1.165, 1.54) is 11.3 Å². The summed E-state index contributed by atoms with van der Waals surface area (Å²) in [5, 5.41) is 5.18. The highest BCUT2D eigenvalue weighted by atomic mass is 32.1. The lowest BCUT2D eigenvalue weighted by Crippen LogP contribution is -2.11. The lowest BCUT2D eigenvalue weighted by atomic mass is 10.7. The topological polar surface area (TPSA) is 104 Å². The fourth-order valence-electron chi connectivity index (χ4n) is 0.446. The van der Waals surface area contributed by atoms with Crippen LogP contribution < -0.4 is 16.3 Å². The molecule has 1 aromatic heterocycles. The Balaban J connectivity index is 2.48. The van der Waals surface area contributed by atoms with Crippen molar-refractivity contribution in [2.24, 2.45) is 10.9 Å². The molecule has 0 aromatic carbocycles. The number of nitrogens with zero attached hydrogens (tertiary/aromatic N) is 2. The van der Waals surface area contributed by atoms with Crippen molar-refractivity contribution >= 4 is 28.6 Å². The highest BCUT2D eigenvalue weighted by molar-refractivity contribution is 7.13. The second kappa shape index (κ2) is 3.67. The van der Waals surface area contributed by atoms with Crippen molar-refractivity contribution in [1.29, 1.82) is 0 Å². The van der Waals surface area contributed by atoms with Crippen molar-refractivity contribution in [3.05, 3.63) is 5.38 Å². The third-order valence-corrected chi connectivity index (χ3v) is 1.48. The lowest BCUT2D eigenvalue weighted by molar-refractivity contribution is -0.111. The molecule has 0 bridgehead atoms. The molecule has 0 aliphatic rings. The van der Waals surface area contributed by atoms with Gasteiger partial charge in [0.15, 0.2) is 5.13 Å². The highest BCUT2D eigenvalue weighted by Crippen LogP contribution is 2.17. The van der Waals surface area contributed by atoms with E-state index in [-0.39, 0.29) is 5.88 Å². The molecule has 1 amide bonds. The number of thiazole rings is 1. The Bertz CT molecular complexity index is 308. The van der Waals surface area contributed by atoms with Gasteiger partial charge in [-0.2, -0.15) is 4.98 Å². The molecule has 12 heavy (non-hydrogen) atoms. The lowest BCUT2D eigenvalue weighted by Gasteiger charge is -1.87. The summed E-state index contributed by atoms with van der Waals surface area (Å²) in [6.45, 7) is 0. The number of primary amides is 1. The van der Waals surface area contributed by atoms with E-state index in [4.69, 9.17) is 11.5 Å². The Morgan fingerprint density at radius 3 is 3.08 bits per heavy atom. The number of nitrogen functional groups attached to an aromatic ring is 1. The molecule has 64 valence electrons. The summed E-state index contributed by atoms with van der Waals surface area (Å²) in [6.07, 6.45) is 0.843. The summed E-state index contributed by atoms with van der Waals surface area (Å²) in [6, 6.07) is 0. The zero-order chi connectivity index (χ0) is 8.97. The monoisotopic (exact) mass is 186 g/mol. The van der Waals surface area contributed by atoms with Gasteiger partial charge in [0.25, 0.3) is 11.8 Å². The normalized spacial score (nSPS) is 10.3. The van der Waals surface area contributed by atoms with Crippen molar-refractivity contribution in [1.82, 2.24) is 4.98 Å². The number of nitrogens with two attached hydrogens (primary N) is 2. The van der Waals surface area contributed by atoms with E-state index in [0.717, 1.165) is 6.21 Å². The van der Waals surface area contributed by atoms with Crippen LogP contribution in [-0.4, -0.2) is 17.1 Å². The molecule has 0 saturated carbocycles. The molecule has 0 unspecified atom stereocenters. The summed E-state index contributed by atoms with van der Waals surface area (Å²) < 4.78 is 0. The van der Waals surface area contributed by atoms with Crippen LogP contribution in [0.5, 0.6) is 5.88 Å². The van der Waals surface area contributed by atoms with E-state index in [1.54, 1.807) is 5.38 Å². The number of carbonyl (C=O) groups is 1. The minimum Gasteiger partial charge on any atom is -0.375 e. The zero-order valence-corrected chi connectivity index (χ0v) is 6.75. The first kappa shape index (κ1) is 8.47. The molecule has 0 aliphatic carbocycles. The van der Waals surface area contributed by atoms with Crippen LogP contribution in [0.3, 0.4) is 0 Å². The van der Waals surface area contributed by atoms with Gasteiger partial charge in [-0.3, -0.25) is 4.79 Å².